The first-order chi connectivity index (χ1) is 21.0. The van der Waals surface area contributed by atoms with Gasteiger partial charge in [-0.25, -0.2) is 0 Å². The van der Waals surface area contributed by atoms with E-state index in [4.69, 9.17) is 4.74 Å². The smallest absolute Gasteiger partial charge is 0.311 e. The Morgan fingerprint density at radius 3 is 2.34 bits per heavy atom. The van der Waals surface area contributed by atoms with Crippen LogP contribution in [0.15, 0.2) is 49.6 Å². The van der Waals surface area contributed by atoms with Crippen molar-refractivity contribution >= 4 is 40.9 Å². The zero-order valence-corrected chi connectivity index (χ0v) is 28.0. The van der Waals surface area contributed by atoms with Crippen molar-refractivity contribution in [3.8, 4) is 0 Å². The largest absolute Gasteiger partial charge is 0.465 e. The van der Waals surface area contributed by atoms with Crippen molar-refractivity contribution in [1.29, 1.82) is 0 Å². The van der Waals surface area contributed by atoms with E-state index in [0.29, 0.717) is 19.4 Å². The number of unbranched alkanes of at least 4 members (excludes halogenated alkanes) is 2. The van der Waals surface area contributed by atoms with Crippen LogP contribution in [0, 0.1) is 17.8 Å². The third kappa shape index (κ3) is 5.94. The van der Waals surface area contributed by atoms with Gasteiger partial charge in [0.25, 0.3) is 5.91 Å². The lowest BCUT2D eigenvalue weighted by atomic mass is 9.66. The van der Waals surface area contributed by atoms with E-state index in [0.717, 1.165) is 43.7 Å². The summed E-state index contributed by atoms with van der Waals surface area (Å²) in [6.07, 6.45) is 7.37. The quantitative estimate of drug-likeness (QED) is 0.148. The monoisotopic (exact) mass is 625 g/mol. The van der Waals surface area contributed by atoms with Gasteiger partial charge in [-0.05, 0) is 83.1 Å². The highest BCUT2D eigenvalue weighted by Gasteiger charge is 2.78. The van der Waals surface area contributed by atoms with Gasteiger partial charge < -0.3 is 24.5 Å². The molecule has 1 spiro atoms. The molecule has 4 rings (SSSR count). The summed E-state index contributed by atoms with van der Waals surface area (Å²) in [5.74, 6) is -2.22. The number of allylic oxidation sites excluding steroid dienone is 1. The Labute approximate surface area is 267 Å². The molecule has 8 nitrogen and oxygen atoms in total. The van der Waals surface area contributed by atoms with Crippen molar-refractivity contribution < 1.29 is 24.2 Å². The van der Waals surface area contributed by atoms with E-state index in [1.54, 1.807) is 27.6 Å². The molecule has 0 radical (unpaired) electrons. The molecule has 242 valence electrons. The number of ether oxygens (including phenoxy) is 1. The van der Waals surface area contributed by atoms with Gasteiger partial charge in [0.1, 0.15) is 6.04 Å². The summed E-state index contributed by atoms with van der Waals surface area (Å²) in [4.78, 5) is 48.8. The summed E-state index contributed by atoms with van der Waals surface area (Å²) >= 11 is 1.62. The molecule has 3 fully saturated rings. The van der Waals surface area contributed by atoms with Crippen molar-refractivity contribution in [3.05, 3.63) is 49.6 Å². The molecule has 1 N–H and O–H groups in total. The third-order valence-corrected chi connectivity index (χ3v) is 11.9. The van der Waals surface area contributed by atoms with Gasteiger partial charge in [-0.1, -0.05) is 26.0 Å². The minimum atomic E-state index is -0.834. The second-order valence-corrected chi connectivity index (χ2v) is 14.7. The average Bonchev–Trinajstić information content (AvgIpc) is 3.57. The molecule has 0 aliphatic carbocycles. The van der Waals surface area contributed by atoms with Gasteiger partial charge in [-0.15, -0.1) is 24.9 Å². The standard InChI is InChI=1S/C35H51N3O5S/c1-8-12-13-14-22-43-33(42)29-28-31(40)38(27(23-39)24(5)6)30(35(28)20-19-34(29,7)44-35)32(41)37(21-9-2)26-17-15-25(16-18-26)36(10-3)11-4/h8-9,15-18,24,27-30,39H,1-2,10-14,19-23H2,3-7H3/t27-,28-,29-,30?,34+,35?/m0/s1. The van der Waals surface area contributed by atoms with Gasteiger partial charge in [0.2, 0.25) is 5.91 Å². The fourth-order valence-electron chi connectivity index (χ4n) is 7.66. The van der Waals surface area contributed by atoms with Crippen LogP contribution in [0.3, 0.4) is 0 Å². The lowest BCUT2D eigenvalue weighted by Gasteiger charge is -2.40. The Hall–Kier alpha value is -2.78. The van der Waals surface area contributed by atoms with E-state index < -0.39 is 33.4 Å². The van der Waals surface area contributed by atoms with Crippen LogP contribution >= 0.6 is 11.8 Å². The van der Waals surface area contributed by atoms with Crippen LogP contribution < -0.4 is 9.80 Å². The summed E-state index contributed by atoms with van der Waals surface area (Å²) in [6, 6.07) is 6.55. The Kier molecular flexibility index (Phi) is 10.9. The average molecular weight is 626 g/mol. The fourth-order valence-corrected chi connectivity index (χ4v) is 9.99. The first-order valence-corrected chi connectivity index (χ1v) is 17.0. The maximum Gasteiger partial charge on any atom is 0.311 e. The summed E-state index contributed by atoms with van der Waals surface area (Å²) in [5.41, 5.74) is 1.80. The number of thioether (sulfide) groups is 1. The number of aliphatic hydroxyl groups excluding tert-OH is 1. The predicted octanol–water partition coefficient (Wildman–Crippen LogP) is 5.45. The Bertz CT molecular complexity index is 1220. The molecule has 6 atom stereocenters. The van der Waals surface area contributed by atoms with E-state index in [1.165, 1.54) is 0 Å². The summed E-state index contributed by atoms with van der Waals surface area (Å²) < 4.78 is 4.49. The van der Waals surface area contributed by atoms with Crippen molar-refractivity contribution in [2.45, 2.75) is 88.3 Å². The van der Waals surface area contributed by atoms with Gasteiger partial charge in [0, 0.05) is 35.8 Å². The number of hydrogen-bond donors (Lipinski definition) is 1. The summed E-state index contributed by atoms with van der Waals surface area (Å²) in [5, 5.41) is 10.6. The molecular weight excluding hydrogens is 574 g/mol. The molecular formula is C35H51N3O5S. The van der Waals surface area contributed by atoms with Gasteiger partial charge in [-0.2, -0.15) is 0 Å². The zero-order chi connectivity index (χ0) is 32.2. The number of likely N-dealkylation sites (tertiary alicyclic amines) is 1. The van der Waals surface area contributed by atoms with E-state index in [9.17, 15) is 19.5 Å². The highest BCUT2D eigenvalue weighted by molar-refractivity contribution is 8.02. The van der Waals surface area contributed by atoms with Crippen molar-refractivity contribution in [1.82, 2.24) is 4.90 Å². The normalized spacial score (nSPS) is 27.8. The van der Waals surface area contributed by atoms with Gasteiger partial charge >= 0.3 is 5.97 Å². The molecule has 0 aromatic heterocycles. The molecule has 3 aliphatic rings. The van der Waals surface area contributed by atoms with Gasteiger partial charge in [0.05, 0.1) is 35.8 Å². The maximum atomic E-state index is 14.9. The molecule has 0 saturated carbocycles. The molecule has 44 heavy (non-hydrogen) atoms. The minimum absolute atomic E-state index is 0.0938. The third-order valence-electron chi connectivity index (χ3n) is 9.93. The lowest BCUT2D eigenvalue weighted by Crippen LogP contribution is -2.58. The van der Waals surface area contributed by atoms with Crippen LogP contribution in [-0.2, 0) is 19.1 Å². The highest BCUT2D eigenvalue weighted by Crippen LogP contribution is 2.72. The van der Waals surface area contributed by atoms with E-state index >= 15 is 0 Å². The number of carbonyl (C=O) groups excluding carboxylic acids is 3. The predicted molar refractivity (Wildman–Crippen MR) is 179 cm³/mol. The molecule has 2 bridgehead atoms. The van der Waals surface area contributed by atoms with Crippen LogP contribution in [0.5, 0.6) is 0 Å². The number of fused-ring (bicyclic) bond motifs is 1. The van der Waals surface area contributed by atoms with E-state index in [-0.39, 0.29) is 36.9 Å². The number of rotatable bonds is 16. The van der Waals surface area contributed by atoms with Crippen molar-refractivity contribution in [3.63, 3.8) is 0 Å². The number of carbonyl (C=O) groups is 3. The maximum absolute atomic E-state index is 14.9. The topological polar surface area (TPSA) is 90.4 Å². The Morgan fingerprint density at radius 1 is 1.11 bits per heavy atom. The van der Waals surface area contributed by atoms with Crippen molar-refractivity contribution in [2.24, 2.45) is 17.8 Å². The van der Waals surface area contributed by atoms with Crippen LogP contribution in [0.1, 0.15) is 66.7 Å². The molecule has 3 saturated heterocycles. The van der Waals surface area contributed by atoms with Gasteiger partial charge in [-0.3, -0.25) is 14.4 Å². The number of aliphatic hydroxyl groups is 1. The number of hydrogen-bond acceptors (Lipinski definition) is 7. The number of esters is 1. The minimum Gasteiger partial charge on any atom is -0.465 e. The Balaban J connectivity index is 1.74. The Morgan fingerprint density at radius 2 is 1.77 bits per heavy atom. The number of anilines is 2. The second-order valence-electron chi connectivity index (χ2n) is 12.8. The fraction of sp³-hybridized carbons (Fsp3) is 0.629. The van der Waals surface area contributed by atoms with Crippen LogP contribution in [0.4, 0.5) is 11.4 Å². The second kappa shape index (κ2) is 14.1. The molecule has 2 amide bonds. The van der Waals surface area contributed by atoms with Crippen LogP contribution in [0.25, 0.3) is 0 Å². The molecule has 1 aromatic carbocycles. The van der Waals surface area contributed by atoms with Crippen molar-refractivity contribution in [2.75, 3.05) is 42.6 Å². The molecule has 2 unspecified atom stereocenters. The van der Waals surface area contributed by atoms with E-state index in [1.807, 2.05) is 51.1 Å². The molecule has 3 aliphatic heterocycles. The number of benzene rings is 1. The lowest BCUT2D eigenvalue weighted by molar-refractivity contribution is -0.156. The molecule has 1 aromatic rings. The highest BCUT2D eigenvalue weighted by atomic mass is 32.2. The first kappa shape index (κ1) is 34.1. The zero-order valence-electron chi connectivity index (χ0n) is 27.2. The van der Waals surface area contributed by atoms with E-state index in [2.05, 4.69) is 31.9 Å². The number of amides is 2. The van der Waals surface area contributed by atoms with Crippen LogP contribution in [0.2, 0.25) is 0 Å². The number of nitrogens with zero attached hydrogens (tertiary/aromatic N) is 3. The molecule has 3 heterocycles. The summed E-state index contributed by atoms with van der Waals surface area (Å²) in [7, 11) is 0. The first-order valence-electron chi connectivity index (χ1n) is 16.2. The van der Waals surface area contributed by atoms with Crippen LogP contribution in [-0.4, -0.2) is 82.2 Å². The van der Waals surface area contributed by atoms with Gasteiger partial charge in [0.15, 0.2) is 0 Å². The molecule has 9 heteroatoms. The summed E-state index contributed by atoms with van der Waals surface area (Å²) in [6.45, 7) is 19.9. The SMILES string of the molecule is C=CCCCCOC(=O)[C@@H]1[C@H]2C(=O)N([C@@H](CO)C(C)C)C(C(=O)N(CC=C)c3ccc(N(CC)CC)cc3)C23CC[C@@]1(C)S3.